The fourth-order valence-corrected chi connectivity index (χ4v) is 3.12. The Morgan fingerprint density at radius 1 is 1.32 bits per heavy atom. The van der Waals surface area contributed by atoms with Crippen LogP contribution in [0.15, 0.2) is 30.3 Å². The van der Waals surface area contributed by atoms with Crippen LogP contribution in [0.1, 0.15) is 44.7 Å². The lowest BCUT2D eigenvalue weighted by atomic mass is 9.98. The minimum atomic E-state index is 0.503. The zero-order valence-corrected chi connectivity index (χ0v) is 12.4. The van der Waals surface area contributed by atoms with Crippen LogP contribution >= 0.6 is 0 Å². The van der Waals surface area contributed by atoms with Gasteiger partial charge < -0.3 is 10.2 Å². The van der Waals surface area contributed by atoms with Crippen LogP contribution in [0.5, 0.6) is 0 Å². The van der Waals surface area contributed by atoms with E-state index >= 15 is 0 Å². The number of benzene rings is 1. The second kappa shape index (κ2) is 7.66. The molecule has 0 amide bonds. The van der Waals surface area contributed by atoms with Crippen molar-refractivity contribution in [2.24, 2.45) is 5.92 Å². The molecule has 1 N–H and O–H groups in total. The van der Waals surface area contributed by atoms with Crippen molar-refractivity contribution in [3.63, 3.8) is 0 Å². The third-order valence-electron chi connectivity index (χ3n) is 4.13. The van der Waals surface area contributed by atoms with E-state index in [2.05, 4.69) is 54.4 Å². The van der Waals surface area contributed by atoms with Crippen molar-refractivity contribution < 1.29 is 0 Å². The Balaban J connectivity index is 1.86. The first kappa shape index (κ1) is 14.5. The summed E-state index contributed by atoms with van der Waals surface area (Å²) < 4.78 is 0. The van der Waals surface area contributed by atoms with E-state index in [4.69, 9.17) is 0 Å². The molecular formula is C17H28N2. The first-order valence-electron chi connectivity index (χ1n) is 7.80. The molecule has 19 heavy (non-hydrogen) atoms. The van der Waals surface area contributed by atoms with Gasteiger partial charge in [0.25, 0.3) is 0 Å². The summed E-state index contributed by atoms with van der Waals surface area (Å²) in [4.78, 5) is 2.64. The summed E-state index contributed by atoms with van der Waals surface area (Å²) in [5, 5.41) is 3.62. The number of hydrogen-bond acceptors (Lipinski definition) is 2. The molecule has 1 aliphatic heterocycles. The highest BCUT2D eigenvalue weighted by Crippen LogP contribution is 2.20. The molecule has 2 rings (SSSR count). The zero-order valence-electron chi connectivity index (χ0n) is 12.4. The van der Waals surface area contributed by atoms with E-state index in [1.165, 1.54) is 44.5 Å². The van der Waals surface area contributed by atoms with E-state index in [-0.39, 0.29) is 0 Å². The molecular weight excluding hydrogens is 232 g/mol. The Kier molecular flexibility index (Phi) is 5.87. The smallest absolute Gasteiger partial charge is 0.0332 e. The van der Waals surface area contributed by atoms with E-state index in [1.54, 1.807) is 0 Å². The topological polar surface area (TPSA) is 15.3 Å². The molecule has 0 radical (unpaired) electrons. The summed E-state index contributed by atoms with van der Waals surface area (Å²) in [5.74, 6) is 0.878. The number of piperidine rings is 1. The summed E-state index contributed by atoms with van der Waals surface area (Å²) in [7, 11) is 0. The maximum absolute atomic E-state index is 3.62. The first-order chi connectivity index (χ1) is 9.29. The fourth-order valence-electron chi connectivity index (χ4n) is 3.12. The molecule has 0 spiro atoms. The average Bonchev–Trinajstić information content (AvgIpc) is 2.44. The van der Waals surface area contributed by atoms with Crippen LogP contribution in [0.4, 0.5) is 0 Å². The van der Waals surface area contributed by atoms with Gasteiger partial charge in [0.05, 0.1) is 0 Å². The Hall–Kier alpha value is -0.860. The van der Waals surface area contributed by atoms with Gasteiger partial charge in [-0.3, -0.25) is 0 Å². The Bertz CT molecular complexity index is 350. The molecule has 1 saturated heterocycles. The molecule has 0 aliphatic carbocycles. The number of hydrogen-bond donors (Lipinski definition) is 1. The highest BCUT2D eigenvalue weighted by atomic mass is 15.1. The second-order valence-corrected chi connectivity index (χ2v) is 5.86. The highest BCUT2D eigenvalue weighted by molar-refractivity contribution is 5.18. The van der Waals surface area contributed by atoms with Crippen molar-refractivity contribution in [3.8, 4) is 0 Å². The van der Waals surface area contributed by atoms with E-state index in [0.717, 1.165) is 12.5 Å². The van der Waals surface area contributed by atoms with Crippen LogP contribution in [0.3, 0.4) is 0 Å². The third-order valence-corrected chi connectivity index (χ3v) is 4.13. The molecule has 1 aromatic rings. The van der Waals surface area contributed by atoms with Gasteiger partial charge in [0.15, 0.2) is 0 Å². The predicted molar refractivity (Wildman–Crippen MR) is 82.3 cm³/mol. The van der Waals surface area contributed by atoms with Crippen molar-refractivity contribution in [1.82, 2.24) is 10.2 Å². The maximum Gasteiger partial charge on any atom is 0.0332 e. The predicted octanol–water partition coefficient (Wildman–Crippen LogP) is 3.46. The fraction of sp³-hybridized carbons (Fsp3) is 0.647. The normalized spacial score (nSPS) is 22.3. The lowest BCUT2D eigenvalue weighted by Gasteiger charge is -2.32. The van der Waals surface area contributed by atoms with Gasteiger partial charge in [-0.1, -0.05) is 44.2 Å². The molecule has 0 aromatic heterocycles. The molecule has 1 heterocycles. The molecule has 1 fully saturated rings. The zero-order chi connectivity index (χ0) is 13.5. The number of rotatable bonds is 6. The molecule has 2 unspecified atom stereocenters. The van der Waals surface area contributed by atoms with Gasteiger partial charge in [0.2, 0.25) is 0 Å². The average molecular weight is 260 g/mol. The minimum Gasteiger partial charge on any atom is -0.310 e. The molecule has 1 aliphatic rings. The van der Waals surface area contributed by atoms with Gasteiger partial charge in [0.1, 0.15) is 0 Å². The van der Waals surface area contributed by atoms with Crippen LogP contribution in [0.2, 0.25) is 0 Å². The van der Waals surface area contributed by atoms with Crippen molar-refractivity contribution >= 4 is 0 Å². The lowest BCUT2D eigenvalue weighted by molar-refractivity contribution is 0.176. The molecule has 2 nitrogen and oxygen atoms in total. The second-order valence-electron chi connectivity index (χ2n) is 5.86. The van der Waals surface area contributed by atoms with E-state index in [9.17, 15) is 0 Å². The van der Waals surface area contributed by atoms with Crippen molar-refractivity contribution in [2.45, 2.75) is 39.2 Å². The quantitative estimate of drug-likeness (QED) is 0.842. The minimum absolute atomic E-state index is 0.503. The highest BCUT2D eigenvalue weighted by Gasteiger charge is 2.18. The number of likely N-dealkylation sites (tertiary alicyclic amines) is 1. The molecule has 0 bridgehead atoms. The van der Waals surface area contributed by atoms with E-state index in [0.29, 0.717) is 6.04 Å². The lowest BCUT2D eigenvalue weighted by Crippen LogP contribution is -2.36. The number of nitrogens with zero attached hydrogens (tertiary/aromatic N) is 1. The van der Waals surface area contributed by atoms with Crippen LogP contribution < -0.4 is 5.32 Å². The third kappa shape index (κ3) is 4.63. The summed E-state index contributed by atoms with van der Waals surface area (Å²) in [6.07, 6.45) is 3.99. The van der Waals surface area contributed by atoms with Crippen LogP contribution in [0.25, 0.3) is 0 Å². The molecule has 2 atom stereocenters. The summed E-state index contributed by atoms with van der Waals surface area (Å²) >= 11 is 0. The monoisotopic (exact) mass is 260 g/mol. The standard InChI is InChI=1S/C17H28N2/c1-3-18-17(16-9-5-4-6-10-16)11-13-19-12-7-8-15(2)14-19/h4-6,9-10,15,17-18H,3,7-8,11-14H2,1-2H3. The van der Waals surface area contributed by atoms with Crippen LogP contribution in [0, 0.1) is 5.92 Å². The molecule has 0 saturated carbocycles. The Labute approximate surface area is 118 Å². The Morgan fingerprint density at radius 3 is 2.79 bits per heavy atom. The molecule has 2 heteroatoms. The van der Waals surface area contributed by atoms with Crippen LogP contribution in [-0.4, -0.2) is 31.1 Å². The maximum atomic E-state index is 3.62. The summed E-state index contributed by atoms with van der Waals surface area (Å²) in [5.41, 5.74) is 1.43. The van der Waals surface area contributed by atoms with Gasteiger partial charge in [-0.15, -0.1) is 0 Å². The molecule has 1 aromatic carbocycles. The van der Waals surface area contributed by atoms with E-state index in [1.807, 2.05) is 0 Å². The van der Waals surface area contributed by atoms with Gasteiger partial charge in [-0.25, -0.2) is 0 Å². The van der Waals surface area contributed by atoms with Gasteiger partial charge >= 0.3 is 0 Å². The summed E-state index contributed by atoms with van der Waals surface area (Å²) in [6.45, 7) is 9.41. The first-order valence-corrected chi connectivity index (χ1v) is 7.80. The SMILES string of the molecule is CCNC(CCN1CCCC(C)C1)c1ccccc1. The summed E-state index contributed by atoms with van der Waals surface area (Å²) in [6, 6.07) is 11.4. The van der Waals surface area contributed by atoms with Crippen molar-refractivity contribution in [2.75, 3.05) is 26.2 Å². The molecule has 106 valence electrons. The van der Waals surface area contributed by atoms with E-state index < -0.39 is 0 Å². The van der Waals surface area contributed by atoms with Crippen molar-refractivity contribution in [1.29, 1.82) is 0 Å². The van der Waals surface area contributed by atoms with Gasteiger partial charge in [-0.2, -0.15) is 0 Å². The largest absolute Gasteiger partial charge is 0.310 e. The Morgan fingerprint density at radius 2 is 2.11 bits per heavy atom. The van der Waals surface area contributed by atoms with Gasteiger partial charge in [0, 0.05) is 12.6 Å². The van der Waals surface area contributed by atoms with Crippen molar-refractivity contribution in [3.05, 3.63) is 35.9 Å². The van der Waals surface area contributed by atoms with Crippen LogP contribution in [-0.2, 0) is 0 Å². The number of nitrogens with one attached hydrogen (secondary N) is 1. The van der Waals surface area contributed by atoms with Gasteiger partial charge in [-0.05, 0) is 50.4 Å².